The van der Waals surface area contributed by atoms with Crippen LogP contribution in [0.5, 0.6) is 0 Å². The van der Waals surface area contributed by atoms with Crippen LogP contribution in [0, 0.1) is 5.92 Å². The van der Waals surface area contributed by atoms with E-state index in [1.807, 2.05) is 0 Å². The molecule has 0 aliphatic carbocycles. The van der Waals surface area contributed by atoms with Crippen LogP contribution < -0.4 is 5.73 Å². The highest BCUT2D eigenvalue weighted by Gasteiger charge is 2.08. The summed E-state index contributed by atoms with van der Waals surface area (Å²) in [6, 6.07) is 0.183. The number of carbonyl (C=O) groups is 1. The van der Waals surface area contributed by atoms with Crippen LogP contribution in [0.25, 0.3) is 0 Å². The van der Waals surface area contributed by atoms with E-state index >= 15 is 0 Å². The van der Waals surface area contributed by atoms with Gasteiger partial charge in [0.15, 0.2) is 0 Å². The SMILES string of the molecule is C=CCOC(=O)CCCC(N)C(C)C. The monoisotopic (exact) mass is 199 g/mol. The molecule has 3 heteroatoms. The molecule has 0 fully saturated rings. The minimum atomic E-state index is -0.166. The van der Waals surface area contributed by atoms with E-state index in [1.54, 1.807) is 6.08 Å². The molecule has 0 aliphatic heterocycles. The molecule has 0 heterocycles. The van der Waals surface area contributed by atoms with E-state index in [-0.39, 0.29) is 12.0 Å². The van der Waals surface area contributed by atoms with Gasteiger partial charge in [0, 0.05) is 12.5 Å². The molecule has 0 spiro atoms. The first-order valence-corrected chi connectivity index (χ1v) is 5.10. The van der Waals surface area contributed by atoms with Crippen LogP contribution in [0.2, 0.25) is 0 Å². The first-order valence-electron chi connectivity index (χ1n) is 5.10. The maximum absolute atomic E-state index is 11.0. The summed E-state index contributed by atoms with van der Waals surface area (Å²) >= 11 is 0. The van der Waals surface area contributed by atoms with Crippen LogP contribution in [-0.2, 0) is 9.53 Å². The van der Waals surface area contributed by atoms with Crippen LogP contribution >= 0.6 is 0 Å². The minimum Gasteiger partial charge on any atom is -0.461 e. The zero-order valence-corrected chi connectivity index (χ0v) is 9.16. The van der Waals surface area contributed by atoms with Gasteiger partial charge in [-0.3, -0.25) is 4.79 Å². The van der Waals surface area contributed by atoms with E-state index in [0.717, 1.165) is 12.8 Å². The normalized spacial score (nSPS) is 12.6. The molecule has 0 saturated heterocycles. The molecular weight excluding hydrogens is 178 g/mol. The summed E-state index contributed by atoms with van der Waals surface area (Å²) in [4.78, 5) is 11.0. The Morgan fingerprint density at radius 1 is 1.57 bits per heavy atom. The van der Waals surface area contributed by atoms with Gasteiger partial charge in [-0.15, -0.1) is 0 Å². The number of rotatable bonds is 7. The molecule has 0 aromatic rings. The highest BCUT2D eigenvalue weighted by molar-refractivity contribution is 5.69. The van der Waals surface area contributed by atoms with Crippen LogP contribution in [0.1, 0.15) is 33.1 Å². The fourth-order valence-electron chi connectivity index (χ4n) is 1.04. The van der Waals surface area contributed by atoms with E-state index in [1.165, 1.54) is 0 Å². The fourth-order valence-corrected chi connectivity index (χ4v) is 1.04. The summed E-state index contributed by atoms with van der Waals surface area (Å²) in [6.45, 7) is 7.94. The molecule has 0 bridgehead atoms. The average Bonchev–Trinajstić information content (AvgIpc) is 2.14. The smallest absolute Gasteiger partial charge is 0.306 e. The highest BCUT2D eigenvalue weighted by atomic mass is 16.5. The Morgan fingerprint density at radius 3 is 2.71 bits per heavy atom. The third kappa shape index (κ3) is 6.66. The second kappa shape index (κ2) is 7.56. The average molecular weight is 199 g/mol. The summed E-state index contributed by atoms with van der Waals surface area (Å²) in [5.74, 6) is 0.306. The van der Waals surface area contributed by atoms with E-state index in [0.29, 0.717) is 18.9 Å². The largest absolute Gasteiger partial charge is 0.461 e. The van der Waals surface area contributed by atoms with Crippen molar-refractivity contribution in [3.8, 4) is 0 Å². The molecule has 14 heavy (non-hydrogen) atoms. The van der Waals surface area contributed by atoms with Crippen molar-refractivity contribution in [1.29, 1.82) is 0 Å². The van der Waals surface area contributed by atoms with Crippen LogP contribution in [-0.4, -0.2) is 18.6 Å². The third-order valence-electron chi connectivity index (χ3n) is 2.14. The van der Waals surface area contributed by atoms with Gasteiger partial charge >= 0.3 is 5.97 Å². The van der Waals surface area contributed by atoms with E-state index in [4.69, 9.17) is 10.5 Å². The van der Waals surface area contributed by atoms with Crippen molar-refractivity contribution in [1.82, 2.24) is 0 Å². The van der Waals surface area contributed by atoms with Gasteiger partial charge in [0.1, 0.15) is 6.61 Å². The zero-order chi connectivity index (χ0) is 11.0. The number of hydrogen-bond donors (Lipinski definition) is 1. The standard InChI is InChI=1S/C11H21NO2/c1-4-8-14-11(13)7-5-6-10(12)9(2)3/h4,9-10H,1,5-8,12H2,2-3H3. The lowest BCUT2D eigenvalue weighted by atomic mass is 10.00. The van der Waals surface area contributed by atoms with Crippen molar-refractivity contribution in [3.63, 3.8) is 0 Å². The molecular formula is C11H21NO2. The Kier molecular flexibility index (Phi) is 7.11. The predicted molar refractivity (Wildman–Crippen MR) is 57.8 cm³/mol. The van der Waals surface area contributed by atoms with Crippen molar-refractivity contribution < 1.29 is 9.53 Å². The van der Waals surface area contributed by atoms with Gasteiger partial charge in [-0.25, -0.2) is 0 Å². The topological polar surface area (TPSA) is 52.3 Å². The maximum Gasteiger partial charge on any atom is 0.306 e. The molecule has 0 amide bonds. The number of hydrogen-bond acceptors (Lipinski definition) is 3. The lowest BCUT2D eigenvalue weighted by Crippen LogP contribution is -2.26. The Morgan fingerprint density at radius 2 is 2.21 bits per heavy atom. The first-order chi connectivity index (χ1) is 6.57. The van der Waals surface area contributed by atoms with Gasteiger partial charge in [-0.1, -0.05) is 26.5 Å². The van der Waals surface area contributed by atoms with Crippen molar-refractivity contribution in [2.24, 2.45) is 11.7 Å². The Hall–Kier alpha value is -0.830. The minimum absolute atomic E-state index is 0.166. The van der Waals surface area contributed by atoms with Crippen molar-refractivity contribution in [2.75, 3.05) is 6.61 Å². The molecule has 0 rings (SSSR count). The van der Waals surface area contributed by atoms with Gasteiger partial charge in [-0.2, -0.15) is 0 Å². The third-order valence-corrected chi connectivity index (χ3v) is 2.14. The molecule has 1 unspecified atom stereocenters. The molecule has 3 nitrogen and oxygen atoms in total. The molecule has 1 atom stereocenters. The van der Waals surface area contributed by atoms with Gasteiger partial charge in [-0.05, 0) is 18.8 Å². The van der Waals surface area contributed by atoms with Crippen LogP contribution in [0.15, 0.2) is 12.7 Å². The quantitative estimate of drug-likeness (QED) is 0.503. The second-order valence-corrected chi connectivity index (χ2v) is 3.77. The highest BCUT2D eigenvalue weighted by Crippen LogP contribution is 2.07. The van der Waals surface area contributed by atoms with Gasteiger partial charge in [0.05, 0.1) is 0 Å². The molecule has 0 radical (unpaired) electrons. The zero-order valence-electron chi connectivity index (χ0n) is 9.16. The Balaban J connectivity index is 3.44. The number of carbonyl (C=O) groups excluding carboxylic acids is 1. The summed E-state index contributed by atoms with van der Waals surface area (Å²) in [5, 5.41) is 0. The second-order valence-electron chi connectivity index (χ2n) is 3.77. The molecule has 0 saturated carbocycles. The van der Waals surface area contributed by atoms with Crippen molar-refractivity contribution >= 4 is 5.97 Å². The van der Waals surface area contributed by atoms with Crippen LogP contribution in [0.3, 0.4) is 0 Å². The fraction of sp³-hybridized carbons (Fsp3) is 0.727. The molecule has 0 aromatic heterocycles. The lowest BCUT2D eigenvalue weighted by Gasteiger charge is -2.14. The summed E-state index contributed by atoms with van der Waals surface area (Å²) in [7, 11) is 0. The first kappa shape index (κ1) is 13.2. The predicted octanol–water partition coefficient (Wildman–Crippen LogP) is 1.87. The van der Waals surface area contributed by atoms with E-state index in [2.05, 4.69) is 20.4 Å². The Labute approximate surface area is 86.3 Å². The van der Waals surface area contributed by atoms with E-state index in [9.17, 15) is 4.79 Å². The lowest BCUT2D eigenvalue weighted by molar-refractivity contribution is -0.142. The summed E-state index contributed by atoms with van der Waals surface area (Å²) in [6.07, 6.45) is 3.70. The van der Waals surface area contributed by atoms with Crippen molar-refractivity contribution in [2.45, 2.75) is 39.2 Å². The maximum atomic E-state index is 11.0. The molecule has 0 aromatic carbocycles. The molecule has 82 valence electrons. The Bertz CT molecular complexity index is 178. The molecule has 0 aliphatic rings. The van der Waals surface area contributed by atoms with Gasteiger partial charge in [0.2, 0.25) is 0 Å². The number of ether oxygens (including phenoxy) is 1. The van der Waals surface area contributed by atoms with Gasteiger partial charge in [0.25, 0.3) is 0 Å². The summed E-state index contributed by atoms with van der Waals surface area (Å²) < 4.78 is 4.84. The van der Waals surface area contributed by atoms with Gasteiger partial charge < -0.3 is 10.5 Å². The van der Waals surface area contributed by atoms with E-state index < -0.39 is 0 Å². The number of nitrogens with two attached hydrogens (primary N) is 1. The van der Waals surface area contributed by atoms with Crippen molar-refractivity contribution in [3.05, 3.63) is 12.7 Å². The molecule has 2 N–H and O–H groups in total. The van der Waals surface area contributed by atoms with Crippen LogP contribution in [0.4, 0.5) is 0 Å². The summed E-state index contributed by atoms with van der Waals surface area (Å²) in [5.41, 5.74) is 5.83. The number of esters is 1.